The van der Waals surface area contributed by atoms with Crippen LogP contribution < -0.4 is 5.32 Å². The fraction of sp³-hybridized carbons (Fsp3) is 0.545. The van der Waals surface area contributed by atoms with E-state index in [0.717, 1.165) is 19.4 Å². The van der Waals surface area contributed by atoms with Crippen molar-refractivity contribution in [3.05, 3.63) is 28.0 Å². The van der Waals surface area contributed by atoms with Gasteiger partial charge in [0, 0.05) is 19.6 Å². The first-order valence-corrected chi connectivity index (χ1v) is 5.81. The molecule has 7 heteroatoms. The number of likely N-dealkylation sites (N-methyl/N-ethyl adjacent to an activating group) is 1. The van der Waals surface area contributed by atoms with Crippen molar-refractivity contribution in [3.63, 3.8) is 0 Å². The highest BCUT2D eigenvalue weighted by atomic mass is 16.6. The van der Waals surface area contributed by atoms with E-state index in [-0.39, 0.29) is 11.7 Å². The van der Waals surface area contributed by atoms with E-state index in [1.807, 2.05) is 0 Å². The van der Waals surface area contributed by atoms with Gasteiger partial charge in [-0.05, 0) is 25.5 Å². The molecular formula is C11H15N3O4. The second kappa shape index (κ2) is 5.18. The topological polar surface area (TPSA) is 88.6 Å². The minimum Gasteiger partial charge on any atom is -0.395 e. The summed E-state index contributed by atoms with van der Waals surface area (Å²) in [6, 6.07) is 2.82. The van der Waals surface area contributed by atoms with Gasteiger partial charge in [0.1, 0.15) is 4.92 Å². The van der Waals surface area contributed by atoms with Crippen LogP contribution in [0.1, 0.15) is 23.4 Å². The Morgan fingerprint density at radius 1 is 1.67 bits per heavy atom. The van der Waals surface area contributed by atoms with Crippen LogP contribution in [-0.2, 0) is 0 Å². The summed E-state index contributed by atoms with van der Waals surface area (Å²) in [7, 11) is 1.66. The maximum atomic E-state index is 12.0. The summed E-state index contributed by atoms with van der Waals surface area (Å²) in [6.07, 6.45) is 2.15. The van der Waals surface area contributed by atoms with Crippen molar-refractivity contribution in [2.24, 2.45) is 0 Å². The van der Waals surface area contributed by atoms with Crippen molar-refractivity contribution < 1.29 is 14.1 Å². The van der Waals surface area contributed by atoms with E-state index in [1.165, 1.54) is 17.0 Å². The highest BCUT2D eigenvalue weighted by Crippen LogP contribution is 2.17. The van der Waals surface area contributed by atoms with Crippen LogP contribution >= 0.6 is 0 Å². The predicted molar refractivity (Wildman–Crippen MR) is 63.3 cm³/mol. The van der Waals surface area contributed by atoms with Gasteiger partial charge in [-0.2, -0.15) is 0 Å². The second-order valence-corrected chi connectivity index (χ2v) is 4.37. The zero-order chi connectivity index (χ0) is 13.1. The summed E-state index contributed by atoms with van der Waals surface area (Å²) < 4.78 is 4.88. The van der Waals surface area contributed by atoms with Crippen LogP contribution in [0.4, 0.5) is 5.88 Å². The number of hydrogen-bond acceptors (Lipinski definition) is 5. The summed E-state index contributed by atoms with van der Waals surface area (Å²) >= 11 is 0. The third-order valence-electron chi connectivity index (χ3n) is 2.99. The molecule has 18 heavy (non-hydrogen) atoms. The molecule has 0 aliphatic carbocycles. The SMILES string of the molecule is CN(CC1CCCN1)C(=O)c1ccc([N+](=O)[O-])o1. The Morgan fingerprint density at radius 3 is 3.00 bits per heavy atom. The Balaban J connectivity index is 1.98. The Morgan fingerprint density at radius 2 is 2.44 bits per heavy atom. The van der Waals surface area contributed by atoms with Crippen LogP contribution in [0.25, 0.3) is 0 Å². The number of carbonyl (C=O) groups is 1. The third kappa shape index (κ3) is 2.67. The lowest BCUT2D eigenvalue weighted by Gasteiger charge is -2.20. The lowest BCUT2D eigenvalue weighted by molar-refractivity contribution is -0.402. The Kier molecular flexibility index (Phi) is 3.61. The molecular weight excluding hydrogens is 238 g/mol. The van der Waals surface area contributed by atoms with E-state index in [2.05, 4.69) is 5.32 Å². The number of nitro groups is 1. The number of nitrogens with one attached hydrogen (secondary N) is 1. The molecule has 1 atom stereocenters. The summed E-state index contributed by atoms with van der Waals surface area (Å²) in [4.78, 5) is 23.3. The van der Waals surface area contributed by atoms with Gasteiger partial charge in [0.15, 0.2) is 5.76 Å². The third-order valence-corrected chi connectivity index (χ3v) is 2.99. The van der Waals surface area contributed by atoms with Gasteiger partial charge in [0.25, 0.3) is 5.91 Å². The molecule has 0 bridgehead atoms. The summed E-state index contributed by atoms with van der Waals surface area (Å²) in [5, 5.41) is 13.7. The highest BCUT2D eigenvalue weighted by Gasteiger charge is 2.23. The largest absolute Gasteiger partial charge is 0.433 e. The van der Waals surface area contributed by atoms with E-state index in [1.54, 1.807) is 7.05 Å². The molecule has 98 valence electrons. The standard InChI is InChI=1S/C11H15N3O4/c1-13(7-8-3-2-6-12-8)11(15)9-4-5-10(18-9)14(16)17/h4-5,8,12H,2-3,6-7H2,1H3. The molecule has 1 saturated heterocycles. The highest BCUT2D eigenvalue weighted by molar-refractivity contribution is 5.91. The van der Waals surface area contributed by atoms with Crippen LogP contribution in [-0.4, -0.2) is 41.9 Å². The van der Waals surface area contributed by atoms with E-state index in [4.69, 9.17) is 4.42 Å². The smallest absolute Gasteiger partial charge is 0.395 e. The molecule has 1 N–H and O–H groups in total. The molecule has 7 nitrogen and oxygen atoms in total. The van der Waals surface area contributed by atoms with Gasteiger partial charge in [0.2, 0.25) is 0 Å². The summed E-state index contributed by atoms with van der Waals surface area (Å²) in [5.74, 6) is -0.746. The van der Waals surface area contributed by atoms with Crippen LogP contribution in [0.5, 0.6) is 0 Å². The van der Waals surface area contributed by atoms with Gasteiger partial charge in [-0.15, -0.1) is 0 Å². The molecule has 1 aliphatic rings. The van der Waals surface area contributed by atoms with Crippen molar-refractivity contribution in [2.45, 2.75) is 18.9 Å². The molecule has 1 aromatic rings. The molecule has 2 rings (SSSR count). The number of carbonyl (C=O) groups excluding carboxylic acids is 1. The fourth-order valence-corrected chi connectivity index (χ4v) is 2.05. The number of amides is 1. The zero-order valence-electron chi connectivity index (χ0n) is 10.1. The lowest BCUT2D eigenvalue weighted by Crippen LogP contribution is -2.38. The monoisotopic (exact) mass is 253 g/mol. The lowest BCUT2D eigenvalue weighted by atomic mass is 10.2. The van der Waals surface area contributed by atoms with E-state index >= 15 is 0 Å². The first-order chi connectivity index (χ1) is 8.58. The average molecular weight is 253 g/mol. The van der Waals surface area contributed by atoms with E-state index < -0.39 is 10.8 Å². The van der Waals surface area contributed by atoms with Gasteiger partial charge in [-0.3, -0.25) is 14.9 Å². The second-order valence-electron chi connectivity index (χ2n) is 4.37. The molecule has 0 saturated carbocycles. The number of rotatable bonds is 4. The predicted octanol–water partition coefficient (Wildman–Crippen LogP) is 1.01. The van der Waals surface area contributed by atoms with Crippen LogP contribution in [0, 0.1) is 10.1 Å². The Hall–Kier alpha value is -1.89. The first kappa shape index (κ1) is 12.6. The molecule has 1 amide bonds. The van der Waals surface area contributed by atoms with E-state index in [9.17, 15) is 14.9 Å². The van der Waals surface area contributed by atoms with E-state index in [0.29, 0.717) is 12.6 Å². The molecule has 1 fully saturated rings. The quantitative estimate of drug-likeness (QED) is 0.639. The van der Waals surface area contributed by atoms with Crippen LogP contribution in [0.2, 0.25) is 0 Å². The molecule has 0 spiro atoms. The van der Waals surface area contributed by atoms with Gasteiger partial charge in [0.05, 0.1) is 6.07 Å². The van der Waals surface area contributed by atoms with Gasteiger partial charge in [-0.1, -0.05) is 0 Å². The van der Waals surface area contributed by atoms with Crippen molar-refractivity contribution in [1.29, 1.82) is 0 Å². The van der Waals surface area contributed by atoms with Gasteiger partial charge >= 0.3 is 5.88 Å². The minimum absolute atomic E-state index is 0.00203. The van der Waals surface area contributed by atoms with Crippen molar-refractivity contribution >= 4 is 11.8 Å². The fourth-order valence-electron chi connectivity index (χ4n) is 2.05. The normalized spacial score (nSPS) is 18.8. The first-order valence-electron chi connectivity index (χ1n) is 5.81. The maximum absolute atomic E-state index is 12.0. The average Bonchev–Trinajstić information content (AvgIpc) is 2.98. The summed E-state index contributed by atoms with van der Waals surface area (Å²) in [5.41, 5.74) is 0. The molecule has 0 radical (unpaired) electrons. The Bertz CT molecular complexity index is 451. The van der Waals surface area contributed by atoms with Gasteiger partial charge in [-0.25, -0.2) is 0 Å². The molecule has 1 aliphatic heterocycles. The van der Waals surface area contributed by atoms with Crippen LogP contribution in [0.3, 0.4) is 0 Å². The molecule has 0 aromatic carbocycles. The summed E-state index contributed by atoms with van der Waals surface area (Å²) in [6.45, 7) is 1.55. The molecule has 2 heterocycles. The number of nitrogens with zero attached hydrogens (tertiary/aromatic N) is 2. The van der Waals surface area contributed by atoms with Gasteiger partial charge < -0.3 is 14.6 Å². The van der Waals surface area contributed by atoms with Crippen LogP contribution in [0.15, 0.2) is 16.5 Å². The zero-order valence-corrected chi connectivity index (χ0v) is 10.1. The number of hydrogen-bond donors (Lipinski definition) is 1. The van der Waals surface area contributed by atoms with Crippen molar-refractivity contribution in [2.75, 3.05) is 20.1 Å². The minimum atomic E-state index is -0.657. The molecule has 1 aromatic heterocycles. The van der Waals surface area contributed by atoms with Crippen molar-refractivity contribution in [3.8, 4) is 0 Å². The Labute approximate surface area is 104 Å². The van der Waals surface area contributed by atoms with Crippen molar-refractivity contribution in [1.82, 2.24) is 10.2 Å². The molecule has 1 unspecified atom stereocenters. The maximum Gasteiger partial charge on any atom is 0.433 e. The number of furan rings is 1.